The smallest absolute Gasteiger partial charge is 0.434 e. The lowest BCUT2D eigenvalue weighted by molar-refractivity contribution is -0.143. The molecule has 0 bridgehead atoms. The average Bonchev–Trinajstić information content (AvgIpc) is 3.24. The number of nitrogens with one attached hydrogen (secondary N) is 1. The fraction of sp³-hybridized carbons (Fsp3) is 0.286. The molecular weight excluding hydrogens is 470 g/mol. The summed E-state index contributed by atoms with van der Waals surface area (Å²) in [6, 6.07) is 6.30. The van der Waals surface area contributed by atoms with E-state index in [0.29, 0.717) is 30.3 Å². The lowest BCUT2D eigenvalue weighted by atomic mass is 10.1. The third kappa shape index (κ3) is 6.04. The van der Waals surface area contributed by atoms with Crippen LogP contribution in [0.1, 0.15) is 27.2 Å². The first kappa shape index (κ1) is 25.0. The van der Waals surface area contributed by atoms with Gasteiger partial charge in [0.15, 0.2) is 5.69 Å². The van der Waals surface area contributed by atoms with Gasteiger partial charge in [0, 0.05) is 25.9 Å². The number of ether oxygens (including phenoxy) is 2. The van der Waals surface area contributed by atoms with Crippen LogP contribution in [-0.2, 0) is 23.6 Å². The molecule has 7 nitrogen and oxygen atoms in total. The zero-order valence-electron chi connectivity index (χ0n) is 17.6. The summed E-state index contributed by atoms with van der Waals surface area (Å²) in [7, 11) is 1.51. The fourth-order valence-corrected chi connectivity index (χ4v) is 2.91. The molecule has 1 aromatic carbocycles. The highest BCUT2D eigenvalue weighted by atomic mass is 19.4. The van der Waals surface area contributed by atoms with Crippen molar-refractivity contribution in [3.63, 3.8) is 0 Å². The fourth-order valence-electron chi connectivity index (χ4n) is 2.91. The molecule has 182 valence electrons. The summed E-state index contributed by atoms with van der Waals surface area (Å²) >= 11 is 0. The van der Waals surface area contributed by atoms with Gasteiger partial charge >= 0.3 is 12.4 Å². The second-order valence-electron chi connectivity index (χ2n) is 6.89. The first-order valence-corrected chi connectivity index (χ1v) is 9.68. The standard InChI is InChI=1S/C21H18F6N4O3/c1-33-7-8-34-17-6-5-13(10-28-17)11-29-19(32)16-12-30-31(18(16)21(25,26)27)15-4-2-3-14(9-15)20(22,23)24/h2-6,9-10,12H,7-8,11H2,1H3,(H,29,32). The monoisotopic (exact) mass is 488 g/mol. The van der Waals surface area contributed by atoms with Crippen molar-refractivity contribution in [3.05, 3.63) is 71.2 Å². The molecule has 1 amide bonds. The maximum absolute atomic E-state index is 13.8. The third-order valence-corrected chi connectivity index (χ3v) is 4.49. The largest absolute Gasteiger partial charge is 0.475 e. The maximum Gasteiger partial charge on any atom is 0.434 e. The van der Waals surface area contributed by atoms with Crippen molar-refractivity contribution in [1.29, 1.82) is 0 Å². The lowest BCUT2D eigenvalue weighted by Gasteiger charge is -2.14. The number of carbonyl (C=O) groups excluding carboxylic acids is 1. The van der Waals surface area contributed by atoms with Gasteiger partial charge in [-0.1, -0.05) is 12.1 Å². The Morgan fingerprint density at radius 1 is 1.03 bits per heavy atom. The zero-order chi connectivity index (χ0) is 24.9. The molecule has 0 atom stereocenters. The number of hydrogen-bond donors (Lipinski definition) is 1. The molecule has 0 unspecified atom stereocenters. The molecule has 3 rings (SSSR count). The van der Waals surface area contributed by atoms with Crippen molar-refractivity contribution in [2.75, 3.05) is 20.3 Å². The minimum absolute atomic E-state index is 0.157. The summed E-state index contributed by atoms with van der Waals surface area (Å²) in [5.41, 5.74) is -3.50. The quantitative estimate of drug-likeness (QED) is 0.379. The van der Waals surface area contributed by atoms with E-state index in [1.165, 1.54) is 19.4 Å². The summed E-state index contributed by atoms with van der Waals surface area (Å²) in [4.78, 5) is 16.5. The van der Waals surface area contributed by atoms with Crippen molar-refractivity contribution in [1.82, 2.24) is 20.1 Å². The number of halogens is 6. The second kappa shape index (κ2) is 10.1. The van der Waals surface area contributed by atoms with Gasteiger partial charge in [0.25, 0.3) is 5.91 Å². The SMILES string of the molecule is COCCOc1ccc(CNC(=O)c2cnn(-c3cccc(C(F)(F)F)c3)c2C(F)(F)F)cn1. The van der Waals surface area contributed by atoms with E-state index in [4.69, 9.17) is 9.47 Å². The molecule has 0 saturated heterocycles. The molecule has 2 aromatic heterocycles. The Bertz CT molecular complexity index is 1130. The Labute approximate surface area is 189 Å². The molecule has 0 aliphatic rings. The van der Waals surface area contributed by atoms with Crippen molar-refractivity contribution in [2.45, 2.75) is 18.9 Å². The van der Waals surface area contributed by atoms with Crippen LogP contribution in [0.25, 0.3) is 5.69 Å². The van der Waals surface area contributed by atoms with Gasteiger partial charge in [0.2, 0.25) is 5.88 Å². The number of methoxy groups -OCH3 is 1. The van der Waals surface area contributed by atoms with Crippen LogP contribution in [0.5, 0.6) is 5.88 Å². The number of carbonyl (C=O) groups is 1. The van der Waals surface area contributed by atoms with E-state index in [1.807, 2.05) is 0 Å². The van der Waals surface area contributed by atoms with Crippen LogP contribution in [-0.4, -0.2) is 41.0 Å². The molecule has 0 fully saturated rings. The first-order chi connectivity index (χ1) is 16.0. The van der Waals surface area contributed by atoms with Crippen molar-refractivity contribution in [3.8, 4) is 11.6 Å². The van der Waals surface area contributed by atoms with Gasteiger partial charge < -0.3 is 14.8 Å². The van der Waals surface area contributed by atoms with Crippen LogP contribution < -0.4 is 10.1 Å². The van der Waals surface area contributed by atoms with Gasteiger partial charge in [-0.2, -0.15) is 31.4 Å². The Hall–Kier alpha value is -3.61. The summed E-state index contributed by atoms with van der Waals surface area (Å²) in [5, 5.41) is 5.86. The Balaban J connectivity index is 1.80. The molecule has 1 N–H and O–H groups in total. The predicted molar refractivity (Wildman–Crippen MR) is 106 cm³/mol. The van der Waals surface area contributed by atoms with Crippen LogP contribution in [0.3, 0.4) is 0 Å². The number of rotatable bonds is 8. The van der Waals surface area contributed by atoms with E-state index < -0.39 is 40.8 Å². The summed E-state index contributed by atoms with van der Waals surface area (Å²) in [6.07, 6.45) is -7.80. The average molecular weight is 488 g/mol. The number of nitrogens with zero attached hydrogens (tertiary/aromatic N) is 3. The number of pyridine rings is 1. The highest BCUT2D eigenvalue weighted by Crippen LogP contribution is 2.35. The second-order valence-corrected chi connectivity index (χ2v) is 6.89. The summed E-state index contributed by atoms with van der Waals surface area (Å²) in [5.74, 6) is -0.806. The molecule has 0 aliphatic carbocycles. The van der Waals surface area contributed by atoms with E-state index in [0.717, 1.165) is 18.2 Å². The van der Waals surface area contributed by atoms with Crippen molar-refractivity contribution < 1.29 is 40.6 Å². The van der Waals surface area contributed by atoms with E-state index in [1.54, 1.807) is 6.07 Å². The van der Waals surface area contributed by atoms with Crippen LogP contribution in [0.15, 0.2) is 48.8 Å². The normalized spacial score (nSPS) is 12.0. The molecule has 0 aliphatic heterocycles. The topological polar surface area (TPSA) is 78.3 Å². The summed E-state index contributed by atoms with van der Waals surface area (Å²) in [6.45, 7) is 0.473. The lowest BCUT2D eigenvalue weighted by Crippen LogP contribution is -2.26. The Morgan fingerprint density at radius 3 is 2.41 bits per heavy atom. The molecule has 13 heteroatoms. The van der Waals surface area contributed by atoms with Gasteiger partial charge in [0.05, 0.1) is 29.6 Å². The van der Waals surface area contributed by atoms with Crippen molar-refractivity contribution >= 4 is 5.91 Å². The van der Waals surface area contributed by atoms with Gasteiger partial charge in [-0.05, 0) is 23.8 Å². The predicted octanol–water partition coefficient (Wildman–Crippen LogP) is 4.26. The van der Waals surface area contributed by atoms with E-state index in [-0.39, 0.29) is 17.8 Å². The van der Waals surface area contributed by atoms with E-state index in [2.05, 4.69) is 15.4 Å². The minimum atomic E-state index is -5.07. The van der Waals surface area contributed by atoms with Crippen molar-refractivity contribution in [2.24, 2.45) is 0 Å². The van der Waals surface area contributed by atoms with E-state index >= 15 is 0 Å². The molecule has 34 heavy (non-hydrogen) atoms. The highest BCUT2D eigenvalue weighted by molar-refractivity contribution is 5.95. The zero-order valence-corrected chi connectivity index (χ0v) is 17.6. The first-order valence-electron chi connectivity index (χ1n) is 9.68. The van der Waals surface area contributed by atoms with Crippen LogP contribution >= 0.6 is 0 Å². The number of alkyl halides is 6. The Morgan fingerprint density at radius 2 is 1.79 bits per heavy atom. The van der Waals surface area contributed by atoms with E-state index in [9.17, 15) is 31.1 Å². The number of aromatic nitrogens is 3. The van der Waals surface area contributed by atoms with Gasteiger partial charge in [-0.25, -0.2) is 9.67 Å². The molecule has 3 aromatic rings. The number of benzene rings is 1. The highest BCUT2D eigenvalue weighted by Gasteiger charge is 2.41. The third-order valence-electron chi connectivity index (χ3n) is 4.49. The minimum Gasteiger partial charge on any atom is -0.475 e. The Kier molecular flexibility index (Phi) is 7.44. The maximum atomic E-state index is 13.8. The van der Waals surface area contributed by atoms with Crippen LogP contribution in [0, 0.1) is 0 Å². The summed E-state index contributed by atoms with van der Waals surface area (Å²) < 4.78 is 90.6. The molecular formula is C21H18F6N4O3. The van der Waals surface area contributed by atoms with Gasteiger partial charge in [-0.15, -0.1) is 0 Å². The molecule has 2 heterocycles. The molecule has 0 spiro atoms. The van der Waals surface area contributed by atoms with Gasteiger partial charge in [-0.3, -0.25) is 4.79 Å². The number of hydrogen-bond acceptors (Lipinski definition) is 5. The van der Waals surface area contributed by atoms with Gasteiger partial charge in [0.1, 0.15) is 6.61 Å². The van der Waals surface area contributed by atoms with Crippen LogP contribution in [0.4, 0.5) is 26.3 Å². The molecule has 0 radical (unpaired) electrons. The van der Waals surface area contributed by atoms with Crippen LogP contribution in [0.2, 0.25) is 0 Å². The number of amides is 1. The molecule has 0 saturated carbocycles.